The van der Waals surface area contributed by atoms with E-state index in [1.54, 1.807) is 6.92 Å². The first-order chi connectivity index (χ1) is 9.54. The van der Waals surface area contributed by atoms with Crippen molar-refractivity contribution < 1.29 is 23.8 Å². The van der Waals surface area contributed by atoms with Crippen LogP contribution in [0, 0.1) is 5.82 Å². The summed E-state index contributed by atoms with van der Waals surface area (Å²) in [5, 5.41) is 12.9. The molecule has 1 aromatic heterocycles. The van der Waals surface area contributed by atoms with Crippen LogP contribution in [0.5, 0.6) is 0 Å². The Morgan fingerprint density at radius 3 is 2.85 bits per heavy atom. The van der Waals surface area contributed by atoms with Crippen molar-refractivity contribution in [1.29, 1.82) is 0 Å². The lowest BCUT2D eigenvalue weighted by Gasteiger charge is -2.06. The van der Waals surface area contributed by atoms with Crippen molar-refractivity contribution in [2.45, 2.75) is 6.92 Å². The highest BCUT2D eigenvalue weighted by Crippen LogP contribution is 2.18. The van der Waals surface area contributed by atoms with Gasteiger partial charge in [-0.3, -0.25) is 0 Å². The van der Waals surface area contributed by atoms with E-state index < -0.39 is 23.3 Å². The van der Waals surface area contributed by atoms with E-state index in [0.29, 0.717) is 0 Å². The monoisotopic (exact) mass is 278 g/mol. The molecule has 0 saturated carbocycles. The summed E-state index contributed by atoms with van der Waals surface area (Å²) < 4.78 is 19.5. The van der Waals surface area contributed by atoms with Crippen molar-refractivity contribution in [2.75, 3.05) is 6.61 Å². The third kappa shape index (κ3) is 2.51. The maximum atomic E-state index is 13.6. The molecule has 0 saturated heterocycles. The van der Waals surface area contributed by atoms with Gasteiger partial charge in [-0.2, -0.15) is 5.10 Å². The number of hydrogen-bond donors (Lipinski definition) is 1. The van der Waals surface area contributed by atoms with E-state index in [-0.39, 0.29) is 17.9 Å². The van der Waals surface area contributed by atoms with E-state index in [2.05, 4.69) is 5.10 Å². The molecule has 0 amide bonds. The average Bonchev–Trinajstić information content (AvgIpc) is 2.87. The highest BCUT2D eigenvalue weighted by molar-refractivity contribution is 5.92. The average molecular weight is 278 g/mol. The van der Waals surface area contributed by atoms with Gasteiger partial charge in [-0.1, -0.05) is 6.07 Å². The van der Waals surface area contributed by atoms with Crippen LogP contribution in [-0.2, 0) is 4.74 Å². The Bertz CT molecular complexity index is 666. The van der Waals surface area contributed by atoms with Gasteiger partial charge in [-0.25, -0.2) is 18.7 Å². The van der Waals surface area contributed by atoms with Gasteiger partial charge in [0.1, 0.15) is 11.4 Å². The maximum absolute atomic E-state index is 13.6. The fourth-order valence-corrected chi connectivity index (χ4v) is 1.69. The number of carbonyl (C=O) groups is 2. The zero-order chi connectivity index (χ0) is 14.7. The summed E-state index contributed by atoms with van der Waals surface area (Å²) in [4.78, 5) is 22.6. The van der Waals surface area contributed by atoms with Crippen molar-refractivity contribution in [3.8, 4) is 5.69 Å². The molecule has 7 heteroatoms. The number of hydrogen-bond acceptors (Lipinski definition) is 4. The van der Waals surface area contributed by atoms with Crippen LogP contribution in [0.25, 0.3) is 5.69 Å². The number of halogens is 1. The number of benzene rings is 1. The van der Waals surface area contributed by atoms with Gasteiger partial charge >= 0.3 is 11.9 Å². The van der Waals surface area contributed by atoms with E-state index in [1.807, 2.05) is 0 Å². The smallest absolute Gasteiger partial charge is 0.341 e. The minimum Gasteiger partial charge on any atom is -0.478 e. The molecule has 6 nitrogen and oxygen atoms in total. The first-order valence-corrected chi connectivity index (χ1v) is 5.78. The number of carboxylic acids is 1. The lowest BCUT2D eigenvalue weighted by Crippen LogP contribution is -2.08. The Morgan fingerprint density at radius 2 is 2.20 bits per heavy atom. The van der Waals surface area contributed by atoms with E-state index in [4.69, 9.17) is 9.84 Å². The molecule has 20 heavy (non-hydrogen) atoms. The number of ether oxygens (including phenoxy) is 1. The standard InChI is InChI=1S/C13H11FN2O4/c1-2-20-13(19)8-6-15-16(7-8)10-5-3-4-9(14)11(10)12(17)18/h3-7H,2H2,1H3,(H,17,18). The summed E-state index contributed by atoms with van der Waals surface area (Å²) in [7, 11) is 0. The lowest BCUT2D eigenvalue weighted by atomic mass is 10.1. The van der Waals surface area contributed by atoms with Crippen LogP contribution in [0.1, 0.15) is 27.6 Å². The van der Waals surface area contributed by atoms with Crippen molar-refractivity contribution in [1.82, 2.24) is 9.78 Å². The van der Waals surface area contributed by atoms with Gasteiger partial charge < -0.3 is 9.84 Å². The van der Waals surface area contributed by atoms with Crippen LogP contribution in [0.4, 0.5) is 4.39 Å². The van der Waals surface area contributed by atoms with Crippen LogP contribution >= 0.6 is 0 Å². The molecule has 1 aromatic carbocycles. The Balaban J connectivity index is 2.45. The van der Waals surface area contributed by atoms with E-state index in [0.717, 1.165) is 10.7 Å². The largest absolute Gasteiger partial charge is 0.478 e. The third-order valence-corrected chi connectivity index (χ3v) is 2.55. The molecule has 0 atom stereocenters. The summed E-state index contributed by atoms with van der Waals surface area (Å²) in [6, 6.07) is 3.81. The molecule has 1 N–H and O–H groups in total. The van der Waals surface area contributed by atoms with Gasteiger partial charge in [0.25, 0.3) is 0 Å². The van der Waals surface area contributed by atoms with Crippen LogP contribution in [0.15, 0.2) is 30.6 Å². The first kappa shape index (κ1) is 13.7. The predicted molar refractivity (Wildman–Crippen MR) is 66.4 cm³/mol. The zero-order valence-corrected chi connectivity index (χ0v) is 10.5. The number of esters is 1. The van der Waals surface area contributed by atoms with Crippen LogP contribution < -0.4 is 0 Å². The fourth-order valence-electron chi connectivity index (χ4n) is 1.69. The Kier molecular flexibility index (Phi) is 3.79. The second kappa shape index (κ2) is 5.52. The summed E-state index contributed by atoms with van der Waals surface area (Å²) in [5.74, 6) is -2.86. The lowest BCUT2D eigenvalue weighted by molar-refractivity contribution is 0.0526. The highest BCUT2D eigenvalue weighted by Gasteiger charge is 2.18. The Labute approximate surface area is 113 Å². The van der Waals surface area contributed by atoms with Gasteiger partial charge in [-0.05, 0) is 19.1 Å². The fraction of sp³-hybridized carbons (Fsp3) is 0.154. The summed E-state index contributed by atoms with van der Waals surface area (Å²) in [6.45, 7) is 1.88. The molecule has 0 unspecified atom stereocenters. The Morgan fingerprint density at radius 1 is 1.45 bits per heavy atom. The van der Waals surface area contributed by atoms with Crippen molar-refractivity contribution >= 4 is 11.9 Å². The summed E-state index contributed by atoms with van der Waals surface area (Å²) in [5.41, 5.74) is -0.313. The molecule has 0 radical (unpaired) electrons. The maximum Gasteiger partial charge on any atom is 0.341 e. The van der Waals surface area contributed by atoms with Gasteiger partial charge in [0.05, 0.1) is 24.1 Å². The van der Waals surface area contributed by atoms with Crippen molar-refractivity contribution in [3.05, 3.63) is 47.5 Å². The number of carboxylic acid groups (broad SMARTS) is 1. The molecule has 0 fully saturated rings. The second-order valence-corrected chi connectivity index (χ2v) is 3.83. The van der Waals surface area contributed by atoms with Gasteiger partial charge in [0.2, 0.25) is 0 Å². The summed E-state index contributed by atoms with van der Waals surface area (Å²) in [6.07, 6.45) is 2.52. The quantitative estimate of drug-likeness (QED) is 0.864. The molecule has 0 spiro atoms. The minimum atomic E-state index is -1.41. The molecule has 2 rings (SSSR count). The van der Waals surface area contributed by atoms with Crippen LogP contribution in [0.3, 0.4) is 0 Å². The molecular weight excluding hydrogens is 267 g/mol. The van der Waals surface area contributed by atoms with Crippen LogP contribution in [-0.4, -0.2) is 33.4 Å². The molecule has 1 heterocycles. The predicted octanol–water partition coefficient (Wildman–Crippen LogP) is 1.89. The van der Waals surface area contributed by atoms with E-state index in [9.17, 15) is 14.0 Å². The first-order valence-electron chi connectivity index (χ1n) is 5.78. The van der Waals surface area contributed by atoms with Crippen molar-refractivity contribution in [2.24, 2.45) is 0 Å². The SMILES string of the molecule is CCOC(=O)c1cnn(-c2cccc(F)c2C(=O)O)c1. The Hall–Kier alpha value is -2.70. The van der Waals surface area contributed by atoms with Gasteiger partial charge in [0.15, 0.2) is 0 Å². The highest BCUT2D eigenvalue weighted by atomic mass is 19.1. The minimum absolute atomic E-state index is 0.0352. The third-order valence-electron chi connectivity index (χ3n) is 2.55. The molecular formula is C13H11FN2O4. The van der Waals surface area contributed by atoms with Gasteiger partial charge in [0, 0.05) is 6.20 Å². The number of aromatic carboxylic acids is 1. The van der Waals surface area contributed by atoms with E-state index in [1.165, 1.54) is 24.5 Å². The molecule has 0 bridgehead atoms. The molecule has 0 aliphatic heterocycles. The number of aromatic nitrogens is 2. The molecule has 0 aliphatic carbocycles. The number of rotatable bonds is 4. The number of nitrogens with zero attached hydrogens (tertiary/aromatic N) is 2. The van der Waals surface area contributed by atoms with E-state index >= 15 is 0 Å². The topological polar surface area (TPSA) is 81.4 Å². The second-order valence-electron chi connectivity index (χ2n) is 3.83. The normalized spacial score (nSPS) is 10.3. The molecule has 2 aromatic rings. The van der Waals surface area contributed by atoms with Crippen molar-refractivity contribution in [3.63, 3.8) is 0 Å². The zero-order valence-electron chi connectivity index (χ0n) is 10.5. The molecule has 104 valence electrons. The van der Waals surface area contributed by atoms with Gasteiger partial charge in [-0.15, -0.1) is 0 Å². The molecule has 0 aliphatic rings. The van der Waals surface area contributed by atoms with Crippen LogP contribution in [0.2, 0.25) is 0 Å². The summed E-state index contributed by atoms with van der Waals surface area (Å²) >= 11 is 0. The number of carbonyl (C=O) groups excluding carboxylic acids is 1.